The molecule has 32 heavy (non-hydrogen) atoms. The van der Waals surface area contributed by atoms with E-state index in [1.54, 1.807) is 6.07 Å². The van der Waals surface area contributed by atoms with E-state index in [-0.39, 0.29) is 11.8 Å². The van der Waals surface area contributed by atoms with Crippen LogP contribution in [0, 0.1) is 6.92 Å². The Morgan fingerprint density at radius 1 is 0.875 bits per heavy atom. The van der Waals surface area contributed by atoms with Crippen molar-refractivity contribution in [2.45, 2.75) is 26.0 Å². The zero-order valence-electron chi connectivity index (χ0n) is 18.2. The second-order valence-electron chi connectivity index (χ2n) is 7.64. The molecule has 0 saturated heterocycles. The van der Waals surface area contributed by atoms with Gasteiger partial charge in [0.15, 0.2) is 0 Å². The number of hydrogen-bond acceptors (Lipinski definition) is 4. The molecule has 4 nitrogen and oxygen atoms in total. The summed E-state index contributed by atoms with van der Waals surface area (Å²) in [7, 11) is 0. The van der Waals surface area contributed by atoms with Crippen LogP contribution in [0.4, 0.5) is 5.69 Å². The fourth-order valence-electron chi connectivity index (χ4n) is 3.57. The van der Waals surface area contributed by atoms with Crippen molar-refractivity contribution in [1.82, 2.24) is 0 Å². The maximum absolute atomic E-state index is 13.5. The molecule has 0 fully saturated rings. The molecule has 0 aliphatic carbocycles. The van der Waals surface area contributed by atoms with Crippen LogP contribution in [-0.2, 0) is 15.3 Å². The molecule has 162 valence electrons. The van der Waals surface area contributed by atoms with Gasteiger partial charge < -0.3 is 4.74 Å². The first kappa shape index (κ1) is 21.9. The quantitative estimate of drug-likeness (QED) is 0.401. The van der Waals surface area contributed by atoms with Gasteiger partial charge >= 0.3 is 0 Å². The molecule has 0 bridgehead atoms. The van der Waals surface area contributed by atoms with Crippen LogP contribution in [-0.4, -0.2) is 18.4 Å². The van der Waals surface area contributed by atoms with Crippen LogP contribution in [0.3, 0.4) is 0 Å². The van der Waals surface area contributed by atoms with Crippen molar-refractivity contribution in [2.24, 2.45) is 0 Å². The number of benzene rings is 3. The summed E-state index contributed by atoms with van der Waals surface area (Å²) in [5, 5.41) is 0. The molecule has 2 amide bonds. The topological polar surface area (TPSA) is 46.6 Å². The van der Waals surface area contributed by atoms with Gasteiger partial charge in [-0.15, -0.1) is 11.8 Å². The molecule has 4 rings (SSSR count). The van der Waals surface area contributed by atoms with Crippen LogP contribution in [0.2, 0.25) is 0 Å². The van der Waals surface area contributed by atoms with Crippen molar-refractivity contribution in [1.29, 1.82) is 0 Å². The number of anilines is 1. The second-order valence-corrected chi connectivity index (χ2v) is 8.62. The van der Waals surface area contributed by atoms with Crippen molar-refractivity contribution in [3.8, 4) is 5.75 Å². The van der Waals surface area contributed by atoms with Gasteiger partial charge in [0.05, 0.1) is 22.8 Å². The normalized spacial score (nSPS) is 13.8. The Balaban J connectivity index is 1.70. The Bertz CT molecular complexity index is 1150. The van der Waals surface area contributed by atoms with E-state index in [2.05, 4.69) is 6.92 Å². The van der Waals surface area contributed by atoms with Crippen molar-refractivity contribution >= 4 is 34.8 Å². The molecule has 1 aliphatic heterocycles. The van der Waals surface area contributed by atoms with Gasteiger partial charge in [-0.1, -0.05) is 61.5 Å². The molecular weight excluding hydrogens is 418 g/mol. The number of hydrogen-bond donors (Lipinski definition) is 0. The first-order valence-corrected chi connectivity index (χ1v) is 11.7. The molecule has 0 saturated carbocycles. The van der Waals surface area contributed by atoms with Crippen molar-refractivity contribution in [3.05, 3.63) is 100 Å². The Kier molecular flexibility index (Phi) is 6.76. The second kappa shape index (κ2) is 9.88. The Hall–Kier alpha value is -3.31. The third-order valence-electron chi connectivity index (χ3n) is 5.14. The molecule has 0 unspecified atom stereocenters. The molecule has 0 N–H and O–H groups in total. The number of carbonyl (C=O) groups excluding carboxylic acids is 2. The van der Waals surface area contributed by atoms with Crippen molar-refractivity contribution in [2.75, 3.05) is 11.5 Å². The minimum Gasteiger partial charge on any atom is -0.494 e. The van der Waals surface area contributed by atoms with E-state index >= 15 is 0 Å². The molecule has 0 aromatic heterocycles. The number of aryl methyl sites for hydroxylation is 1. The monoisotopic (exact) mass is 443 g/mol. The van der Waals surface area contributed by atoms with E-state index in [9.17, 15) is 9.59 Å². The van der Waals surface area contributed by atoms with Gasteiger partial charge in [-0.3, -0.25) is 9.59 Å². The van der Waals surface area contributed by atoms with Gasteiger partial charge in [0, 0.05) is 5.75 Å². The molecule has 1 aliphatic rings. The van der Waals surface area contributed by atoms with Gasteiger partial charge in [-0.05, 0) is 54.3 Å². The lowest BCUT2D eigenvalue weighted by molar-refractivity contribution is -0.119. The fraction of sp³-hybridized carbons (Fsp3) is 0.185. The van der Waals surface area contributed by atoms with E-state index in [0.717, 1.165) is 28.9 Å². The Labute approximate surface area is 192 Å². The summed E-state index contributed by atoms with van der Waals surface area (Å²) in [6, 6.07) is 24.8. The zero-order valence-corrected chi connectivity index (χ0v) is 19.0. The van der Waals surface area contributed by atoms with Gasteiger partial charge in [0.25, 0.3) is 11.8 Å². The summed E-state index contributed by atoms with van der Waals surface area (Å²) < 4.78 is 5.67. The fourth-order valence-corrected chi connectivity index (χ4v) is 4.63. The number of carbonyl (C=O) groups is 2. The predicted molar refractivity (Wildman–Crippen MR) is 131 cm³/mol. The molecule has 0 radical (unpaired) electrons. The highest BCUT2D eigenvalue weighted by atomic mass is 32.2. The highest BCUT2D eigenvalue weighted by Crippen LogP contribution is 2.40. The summed E-state index contributed by atoms with van der Waals surface area (Å²) in [6.07, 6.45) is 0.922. The van der Waals surface area contributed by atoms with Gasteiger partial charge in [0.1, 0.15) is 5.75 Å². The lowest BCUT2D eigenvalue weighted by Crippen LogP contribution is -2.31. The highest BCUT2D eigenvalue weighted by molar-refractivity contribution is 8.03. The minimum absolute atomic E-state index is 0.275. The highest BCUT2D eigenvalue weighted by Gasteiger charge is 2.40. The summed E-state index contributed by atoms with van der Waals surface area (Å²) in [6.45, 7) is 4.64. The van der Waals surface area contributed by atoms with E-state index in [1.165, 1.54) is 16.7 Å². The number of rotatable bonds is 8. The number of amides is 2. The number of imide groups is 1. The smallest absolute Gasteiger partial charge is 0.272 e. The lowest BCUT2D eigenvalue weighted by Gasteiger charge is -2.15. The van der Waals surface area contributed by atoms with E-state index in [1.807, 2.05) is 79.7 Å². The van der Waals surface area contributed by atoms with Gasteiger partial charge in [-0.2, -0.15) is 0 Å². The summed E-state index contributed by atoms with van der Waals surface area (Å²) >= 11 is 1.41. The predicted octanol–water partition coefficient (Wildman–Crippen LogP) is 6.00. The van der Waals surface area contributed by atoms with E-state index < -0.39 is 0 Å². The van der Waals surface area contributed by atoms with Crippen LogP contribution in [0.5, 0.6) is 5.75 Å². The number of thioether (sulfide) groups is 1. The molecule has 3 aromatic carbocycles. The maximum atomic E-state index is 13.5. The first-order chi connectivity index (χ1) is 15.6. The average molecular weight is 444 g/mol. The van der Waals surface area contributed by atoms with Crippen LogP contribution in [0.1, 0.15) is 30.0 Å². The standard InChI is InChI=1S/C27H25NO3S/c1-3-16-31-23-14-12-21(13-15-23)24-25(32-18-20-9-5-4-6-10-20)27(30)28(26(24)29)22-11-7-8-19(2)17-22/h4-15,17H,3,16,18H2,1-2H3. The Morgan fingerprint density at radius 3 is 2.31 bits per heavy atom. The largest absolute Gasteiger partial charge is 0.494 e. The summed E-state index contributed by atoms with van der Waals surface area (Å²) in [4.78, 5) is 28.7. The Morgan fingerprint density at radius 2 is 1.62 bits per heavy atom. The van der Waals surface area contributed by atoms with Crippen LogP contribution in [0.25, 0.3) is 5.57 Å². The third kappa shape index (κ3) is 4.63. The lowest BCUT2D eigenvalue weighted by atomic mass is 10.1. The molecule has 0 spiro atoms. The minimum atomic E-state index is -0.293. The summed E-state index contributed by atoms with van der Waals surface area (Å²) in [5.74, 6) is 0.793. The maximum Gasteiger partial charge on any atom is 0.272 e. The number of nitrogens with zero attached hydrogens (tertiary/aromatic N) is 1. The average Bonchev–Trinajstić information content (AvgIpc) is 3.06. The summed E-state index contributed by atoms with van der Waals surface area (Å²) in [5.41, 5.74) is 3.85. The molecule has 3 aromatic rings. The SMILES string of the molecule is CCCOc1ccc(C2=C(SCc3ccccc3)C(=O)N(c3cccc(C)c3)C2=O)cc1. The van der Waals surface area contributed by atoms with E-state index in [0.29, 0.717) is 28.5 Å². The van der Waals surface area contributed by atoms with Gasteiger partial charge in [-0.25, -0.2) is 4.90 Å². The molecule has 1 heterocycles. The molecular formula is C27H25NO3S. The van der Waals surface area contributed by atoms with E-state index in [4.69, 9.17) is 4.74 Å². The van der Waals surface area contributed by atoms with Crippen LogP contribution in [0.15, 0.2) is 83.8 Å². The van der Waals surface area contributed by atoms with Crippen LogP contribution < -0.4 is 9.64 Å². The number of ether oxygens (including phenoxy) is 1. The van der Waals surface area contributed by atoms with Gasteiger partial charge in [0.2, 0.25) is 0 Å². The van der Waals surface area contributed by atoms with Crippen molar-refractivity contribution < 1.29 is 14.3 Å². The van der Waals surface area contributed by atoms with Crippen LogP contribution >= 0.6 is 11.8 Å². The third-order valence-corrected chi connectivity index (χ3v) is 6.29. The van der Waals surface area contributed by atoms with Crippen molar-refractivity contribution in [3.63, 3.8) is 0 Å². The molecule has 5 heteroatoms. The first-order valence-electron chi connectivity index (χ1n) is 10.7. The molecule has 0 atom stereocenters. The zero-order chi connectivity index (χ0) is 22.5.